The molecule has 1 aromatic heterocycles. The van der Waals surface area contributed by atoms with Crippen molar-refractivity contribution in [3.05, 3.63) is 17.8 Å². The molecule has 0 radical (unpaired) electrons. The van der Waals surface area contributed by atoms with Crippen molar-refractivity contribution in [3.8, 4) is 0 Å². The molecule has 2 rings (SSSR count). The van der Waals surface area contributed by atoms with Crippen molar-refractivity contribution in [3.63, 3.8) is 0 Å². The van der Waals surface area contributed by atoms with Gasteiger partial charge < -0.3 is 14.9 Å². The van der Waals surface area contributed by atoms with Crippen molar-refractivity contribution in [2.24, 2.45) is 5.73 Å². The molecule has 4 heteroatoms. The average Bonchev–Trinajstić information content (AvgIpc) is 2.78. The highest BCUT2D eigenvalue weighted by molar-refractivity contribution is 5.04. The van der Waals surface area contributed by atoms with E-state index in [9.17, 15) is 0 Å². The van der Waals surface area contributed by atoms with Crippen LogP contribution in [0, 0.1) is 0 Å². The number of rotatable bonds is 4. The zero-order valence-electron chi connectivity index (χ0n) is 9.82. The highest BCUT2D eigenvalue weighted by Gasteiger charge is 2.18. The third-order valence-corrected chi connectivity index (χ3v) is 3.10. The van der Waals surface area contributed by atoms with E-state index in [1.165, 1.54) is 12.8 Å². The lowest BCUT2D eigenvalue weighted by Gasteiger charge is -2.20. The van der Waals surface area contributed by atoms with Crippen LogP contribution in [-0.4, -0.2) is 24.2 Å². The summed E-state index contributed by atoms with van der Waals surface area (Å²) in [4.78, 5) is 4.45. The number of aromatic nitrogens is 1. The molecule has 1 fully saturated rings. The van der Waals surface area contributed by atoms with Crippen molar-refractivity contribution in [1.29, 1.82) is 0 Å². The summed E-state index contributed by atoms with van der Waals surface area (Å²) in [5.41, 5.74) is 6.54. The number of nitrogens with two attached hydrogens (primary N) is 1. The second-order valence-corrected chi connectivity index (χ2v) is 4.50. The largest absolute Gasteiger partial charge is 0.449 e. The normalized spacial score (nSPS) is 23.2. The Morgan fingerprint density at radius 2 is 2.44 bits per heavy atom. The van der Waals surface area contributed by atoms with Crippen molar-refractivity contribution in [2.75, 3.05) is 13.2 Å². The smallest absolute Gasteiger partial charge is 0.196 e. The van der Waals surface area contributed by atoms with Gasteiger partial charge in [-0.25, -0.2) is 4.98 Å². The zero-order chi connectivity index (χ0) is 11.4. The first-order valence-electron chi connectivity index (χ1n) is 6.05. The standard InChI is InChI=1S/C12H20N2O2/c1-9(7-13)11-8-16-12(14-11)6-10-4-2-3-5-15-10/h8-10H,2-7,13H2,1H3. The third kappa shape index (κ3) is 2.83. The Morgan fingerprint density at radius 3 is 3.12 bits per heavy atom. The Kier molecular flexibility index (Phi) is 3.96. The summed E-state index contributed by atoms with van der Waals surface area (Å²) in [6, 6.07) is 0. The second kappa shape index (κ2) is 5.46. The summed E-state index contributed by atoms with van der Waals surface area (Å²) < 4.78 is 11.1. The number of oxazole rings is 1. The summed E-state index contributed by atoms with van der Waals surface area (Å²) in [5, 5.41) is 0. The maximum atomic E-state index is 5.65. The van der Waals surface area contributed by atoms with E-state index < -0.39 is 0 Å². The van der Waals surface area contributed by atoms with Crippen molar-refractivity contribution < 1.29 is 9.15 Å². The van der Waals surface area contributed by atoms with E-state index in [4.69, 9.17) is 14.9 Å². The number of nitrogens with zero attached hydrogens (tertiary/aromatic N) is 1. The van der Waals surface area contributed by atoms with Gasteiger partial charge in [0, 0.05) is 19.1 Å². The lowest BCUT2D eigenvalue weighted by atomic mass is 10.1. The molecular weight excluding hydrogens is 204 g/mol. The maximum Gasteiger partial charge on any atom is 0.196 e. The number of hydrogen-bond acceptors (Lipinski definition) is 4. The van der Waals surface area contributed by atoms with Crippen molar-refractivity contribution in [2.45, 2.75) is 44.6 Å². The minimum Gasteiger partial charge on any atom is -0.449 e. The van der Waals surface area contributed by atoms with Crippen LogP contribution in [0.3, 0.4) is 0 Å². The molecule has 0 spiro atoms. The fourth-order valence-electron chi connectivity index (χ4n) is 1.93. The SMILES string of the molecule is CC(CN)c1coc(CC2CCCCO2)n1. The minimum absolute atomic E-state index is 0.268. The van der Waals surface area contributed by atoms with E-state index in [0.717, 1.165) is 31.0 Å². The van der Waals surface area contributed by atoms with Gasteiger partial charge in [0.05, 0.1) is 18.2 Å². The summed E-state index contributed by atoms with van der Waals surface area (Å²) in [7, 11) is 0. The van der Waals surface area contributed by atoms with Crippen molar-refractivity contribution >= 4 is 0 Å². The van der Waals surface area contributed by atoms with E-state index in [1.54, 1.807) is 6.26 Å². The molecule has 0 aromatic carbocycles. The van der Waals surface area contributed by atoms with Crippen molar-refractivity contribution in [1.82, 2.24) is 4.98 Å². The van der Waals surface area contributed by atoms with E-state index in [-0.39, 0.29) is 12.0 Å². The molecule has 1 saturated heterocycles. The second-order valence-electron chi connectivity index (χ2n) is 4.50. The van der Waals surface area contributed by atoms with E-state index in [2.05, 4.69) is 11.9 Å². The molecule has 4 nitrogen and oxygen atoms in total. The van der Waals surface area contributed by atoms with Gasteiger partial charge in [0.2, 0.25) is 0 Å². The fourth-order valence-corrected chi connectivity index (χ4v) is 1.93. The van der Waals surface area contributed by atoms with E-state index >= 15 is 0 Å². The first kappa shape index (κ1) is 11.6. The van der Waals surface area contributed by atoms with Gasteiger partial charge in [-0.2, -0.15) is 0 Å². The number of ether oxygens (including phenoxy) is 1. The van der Waals surface area contributed by atoms with Gasteiger partial charge in [-0.3, -0.25) is 0 Å². The molecule has 2 atom stereocenters. The van der Waals surface area contributed by atoms with Gasteiger partial charge in [0.1, 0.15) is 6.26 Å². The van der Waals surface area contributed by atoms with Crippen LogP contribution >= 0.6 is 0 Å². The monoisotopic (exact) mass is 224 g/mol. The van der Waals surface area contributed by atoms with Gasteiger partial charge in [-0.05, 0) is 19.3 Å². The Balaban J connectivity index is 1.91. The molecule has 1 aromatic rings. The van der Waals surface area contributed by atoms with Gasteiger partial charge in [-0.15, -0.1) is 0 Å². The van der Waals surface area contributed by atoms with Crippen LogP contribution in [0.4, 0.5) is 0 Å². The molecule has 0 aliphatic carbocycles. The first-order chi connectivity index (χ1) is 7.79. The highest BCUT2D eigenvalue weighted by atomic mass is 16.5. The molecule has 90 valence electrons. The van der Waals surface area contributed by atoms with E-state index in [0.29, 0.717) is 6.54 Å². The Morgan fingerprint density at radius 1 is 1.56 bits per heavy atom. The lowest BCUT2D eigenvalue weighted by Crippen LogP contribution is -2.21. The zero-order valence-corrected chi connectivity index (χ0v) is 9.82. The number of hydrogen-bond donors (Lipinski definition) is 1. The summed E-state index contributed by atoms with van der Waals surface area (Å²) in [5.74, 6) is 1.05. The maximum absolute atomic E-state index is 5.65. The molecule has 1 aliphatic heterocycles. The summed E-state index contributed by atoms with van der Waals surface area (Å²) >= 11 is 0. The topological polar surface area (TPSA) is 61.3 Å². The summed E-state index contributed by atoms with van der Waals surface area (Å²) in [6.45, 7) is 3.53. The first-order valence-corrected chi connectivity index (χ1v) is 6.05. The van der Waals surface area contributed by atoms with E-state index in [1.807, 2.05) is 0 Å². The van der Waals surface area contributed by atoms with Gasteiger partial charge in [0.15, 0.2) is 5.89 Å². The lowest BCUT2D eigenvalue weighted by molar-refractivity contribution is 0.0132. The molecule has 0 saturated carbocycles. The Hall–Kier alpha value is -0.870. The molecule has 2 heterocycles. The molecule has 2 unspecified atom stereocenters. The molecule has 1 aliphatic rings. The highest BCUT2D eigenvalue weighted by Crippen LogP contribution is 2.19. The Labute approximate surface area is 96.2 Å². The molecular formula is C12H20N2O2. The predicted octanol–water partition coefficient (Wildman–Crippen LogP) is 1.85. The van der Waals surface area contributed by atoms with Crippen LogP contribution in [0.5, 0.6) is 0 Å². The van der Waals surface area contributed by atoms with Crippen LogP contribution in [0.1, 0.15) is 43.7 Å². The fraction of sp³-hybridized carbons (Fsp3) is 0.750. The summed E-state index contributed by atoms with van der Waals surface area (Å²) in [6.07, 6.45) is 6.33. The minimum atomic E-state index is 0.268. The van der Waals surface area contributed by atoms with Crippen LogP contribution in [-0.2, 0) is 11.2 Å². The quantitative estimate of drug-likeness (QED) is 0.847. The van der Waals surface area contributed by atoms with Gasteiger partial charge >= 0.3 is 0 Å². The molecule has 0 amide bonds. The van der Waals surface area contributed by atoms with Crippen LogP contribution in [0.25, 0.3) is 0 Å². The molecule has 2 N–H and O–H groups in total. The third-order valence-electron chi connectivity index (χ3n) is 3.10. The molecule has 16 heavy (non-hydrogen) atoms. The van der Waals surface area contributed by atoms with Crippen LogP contribution in [0.2, 0.25) is 0 Å². The van der Waals surface area contributed by atoms with Gasteiger partial charge in [-0.1, -0.05) is 6.92 Å². The molecule has 0 bridgehead atoms. The van der Waals surface area contributed by atoms with Crippen LogP contribution in [0.15, 0.2) is 10.7 Å². The Bertz CT molecular complexity index is 319. The average molecular weight is 224 g/mol. The predicted molar refractivity (Wildman–Crippen MR) is 61.3 cm³/mol. The van der Waals surface area contributed by atoms with Gasteiger partial charge in [0.25, 0.3) is 0 Å². The van der Waals surface area contributed by atoms with Crippen LogP contribution < -0.4 is 5.73 Å².